The second-order valence-electron chi connectivity index (χ2n) is 24.6. The van der Waals surface area contributed by atoms with Crippen LogP contribution in [0.3, 0.4) is 0 Å². The fourth-order valence-corrected chi connectivity index (χ4v) is 10.9. The van der Waals surface area contributed by atoms with Gasteiger partial charge in [0.1, 0.15) is 28.7 Å². The van der Waals surface area contributed by atoms with Gasteiger partial charge in [-0.1, -0.05) is 51.4 Å². The van der Waals surface area contributed by atoms with Gasteiger partial charge in [0.2, 0.25) is 0 Å². The van der Waals surface area contributed by atoms with Crippen molar-refractivity contribution in [1.29, 1.82) is 0 Å². The average molecular weight is 1330 g/mol. The Labute approximate surface area is 569 Å². The summed E-state index contributed by atoms with van der Waals surface area (Å²) in [6.07, 6.45) is 20.0. The first-order chi connectivity index (χ1) is 46.6. The zero-order chi connectivity index (χ0) is 66.9. The van der Waals surface area contributed by atoms with Crippen LogP contribution in [-0.2, 0) is 38.0 Å². The standard InChI is InChI=1S/C76H103ClN6O12/c1-5-73(84)94-51-21-13-15-43-82(45-23-53-92-69-38-34-67(35-39-69)90-49-19-11-9-17-47-86-56-75(7-3)58-88-59-75)65-30-25-62(26-31-65)78-80-64-29-42-72(71(77)55-64)81-79-63-27-32-66(33-28-63)83(44-16-14-22-52-95-74(85)6-2)46-24-54-93-70-40-36-68(37-41-70)91-50-20-12-10-18-48-87-57-76(8-4)60-89-61-76/h5-6,25-42,55H,1-2,7-24,43-54,56-61H2,3-4H3. The van der Waals surface area contributed by atoms with Gasteiger partial charge in [-0.3, -0.25) is 0 Å². The molecule has 5 aromatic rings. The molecule has 2 heterocycles. The van der Waals surface area contributed by atoms with Crippen molar-refractivity contribution in [3.63, 3.8) is 0 Å². The molecule has 516 valence electrons. The van der Waals surface area contributed by atoms with E-state index in [1.807, 2.05) is 78.9 Å². The summed E-state index contributed by atoms with van der Waals surface area (Å²) in [6.45, 7) is 24.3. The molecule has 0 aliphatic carbocycles. The fraction of sp³-hybridized carbons (Fsp3) is 0.526. The lowest BCUT2D eigenvalue weighted by Crippen LogP contribution is -2.45. The number of anilines is 2. The molecule has 19 heteroatoms. The van der Waals surface area contributed by atoms with Crippen molar-refractivity contribution < 1.29 is 57.0 Å². The van der Waals surface area contributed by atoms with Crippen LogP contribution in [0.1, 0.15) is 129 Å². The number of ether oxygens (including phenoxy) is 10. The van der Waals surface area contributed by atoms with Gasteiger partial charge < -0.3 is 57.2 Å². The molecule has 0 atom stereocenters. The molecule has 0 N–H and O–H groups in total. The van der Waals surface area contributed by atoms with E-state index in [9.17, 15) is 9.59 Å². The van der Waals surface area contributed by atoms with Gasteiger partial charge in [-0.05, 0) is 218 Å². The Balaban J connectivity index is 0.825. The summed E-state index contributed by atoms with van der Waals surface area (Å²) in [5.41, 5.74) is 5.07. The number of hydrogen-bond donors (Lipinski definition) is 0. The third-order valence-electron chi connectivity index (χ3n) is 17.1. The predicted molar refractivity (Wildman–Crippen MR) is 377 cm³/mol. The first-order valence-corrected chi connectivity index (χ1v) is 34.9. The van der Waals surface area contributed by atoms with Crippen LogP contribution in [0, 0.1) is 10.8 Å². The lowest BCUT2D eigenvalue weighted by Gasteiger charge is -2.40. The summed E-state index contributed by atoms with van der Waals surface area (Å²) in [6, 6.07) is 37.1. The van der Waals surface area contributed by atoms with Gasteiger partial charge in [-0.2, -0.15) is 15.3 Å². The number of unbranched alkanes of at least 4 members (excludes halogenated alkanes) is 10. The van der Waals surface area contributed by atoms with Gasteiger partial charge in [0.15, 0.2) is 0 Å². The normalized spacial score (nSPS) is 13.8. The highest BCUT2D eigenvalue weighted by atomic mass is 35.5. The first kappa shape index (κ1) is 75.0. The Kier molecular flexibility index (Phi) is 34.5. The van der Waals surface area contributed by atoms with Crippen molar-refractivity contribution in [2.45, 2.75) is 129 Å². The number of nitrogens with zero attached hydrogens (tertiary/aromatic N) is 6. The van der Waals surface area contributed by atoms with Crippen molar-refractivity contribution in [3.8, 4) is 23.0 Å². The molecule has 0 aromatic heterocycles. The van der Waals surface area contributed by atoms with E-state index >= 15 is 0 Å². The van der Waals surface area contributed by atoms with E-state index in [0.29, 0.717) is 67.4 Å². The molecule has 0 saturated carbocycles. The van der Waals surface area contributed by atoms with Gasteiger partial charge in [0.05, 0.1) is 101 Å². The lowest BCUT2D eigenvalue weighted by atomic mass is 9.84. The maximum absolute atomic E-state index is 11.5. The minimum Gasteiger partial charge on any atom is -0.494 e. The number of esters is 2. The Bertz CT molecular complexity index is 3020. The maximum Gasteiger partial charge on any atom is 0.330 e. The molecule has 5 aromatic carbocycles. The summed E-state index contributed by atoms with van der Waals surface area (Å²) in [4.78, 5) is 27.8. The van der Waals surface area contributed by atoms with E-state index in [4.69, 9.17) is 59.0 Å². The molecule has 7 rings (SSSR count). The van der Waals surface area contributed by atoms with E-state index in [-0.39, 0.29) is 10.8 Å². The average Bonchev–Trinajstić information content (AvgIpc) is 1.28. The highest BCUT2D eigenvalue weighted by Crippen LogP contribution is 2.35. The maximum atomic E-state index is 11.5. The number of benzene rings is 5. The van der Waals surface area contributed by atoms with Crippen LogP contribution in [0.4, 0.5) is 34.1 Å². The second kappa shape index (κ2) is 43.7. The number of halogens is 1. The fourth-order valence-electron chi connectivity index (χ4n) is 10.7. The monoisotopic (exact) mass is 1330 g/mol. The molecular weight excluding hydrogens is 1220 g/mol. The van der Waals surface area contributed by atoms with Crippen molar-refractivity contribution in [3.05, 3.63) is 146 Å². The number of carbonyl (C=O) groups is 2. The Morgan fingerprint density at radius 2 is 0.768 bits per heavy atom. The minimum atomic E-state index is -0.402. The third-order valence-corrected chi connectivity index (χ3v) is 17.4. The van der Waals surface area contributed by atoms with Crippen LogP contribution < -0.4 is 28.7 Å². The van der Waals surface area contributed by atoms with Crippen molar-refractivity contribution in [2.24, 2.45) is 31.3 Å². The van der Waals surface area contributed by atoms with E-state index < -0.39 is 11.9 Å². The van der Waals surface area contributed by atoms with Crippen LogP contribution in [0.5, 0.6) is 23.0 Å². The summed E-state index contributed by atoms with van der Waals surface area (Å²) in [7, 11) is 0. The summed E-state index contributed by atoms with van der Waals surface area (Å²) >= 11 is 6.74. The lowest BCUT2D eigenvalue weighted by molar-refractivity contribution is -0.150. The van der Waals surface area contributed by atoms with Gasteiger partial charge >= 0.3 is 11.9 Å². The molecule has 2 aliphatic rings. The summed E-state index contributed by atoms with van der Waals surface area (Å²) in [5.74, 6) is 2.48. The summed E-state index contributed by atoms with van der Waals surface area (Å²) in [5, 5.41) is 18.4. The summed E-state index contributed by atoms with van der Waals surface area (Å²) < 4.78 is 57.4. The molecule has 2 saturated heterocycles. The third kappa shape index (κ3) is 28.5. The Hall–Kier alpha value is -7.35. The van der Waals surface area contributed by atoms with Crippen LogP contribution in [-0.4, -0.2) is 131 Å². The Morgan fingerprint density at radius 3 is 1.14 bits per heavy atom. The van der Waals surface area contributed by atoms with Crippen molar-refractivity contribution in [1.82, 2.24) is 0 Å². The highest BCUT2D eigenvalue weighted by molar-refractivity contribution is 6.33. The smallest absolute Gasteiger partial charge is 0.330 e. The largest absolute Gasteiger partial charge is 0.494 e. The molecule has 2 aliphatic heterocycles. The zero-order valence-corrected chi connectivity index (χ0v) is 57.2. The molecule has 0 radical (unpaired) electrons. The molecule has 0 bridgehead atoms. The van der Waals surface area contributed by atoms with E-state index in [1.165, 1.54) is 12.2 Å². The number of azo groups is 2. The predicted octanol–water partition coefficient (Wildman–Crippen LogP) is 18.3. The SMILES string of the molecule is C=CC(=O)OCCCCCN(CCCOc1ccc(OCCCCCCOCC2(CC)COC2)cc1)c1ccc(N=Nc2ccc(N=Nc3ccc(N(CCCCCOC(=O)C=C)CCCOc4ccc(OCCCCCCOCC5(CC)COC5)cc4)cc3)c(Cl)c2)cc1. The molecule has 0 spiro atoms. The molecular formula is C76H103ClN6O12. The van der Waals surface area contributed by atoms with Gasteiger partial charge in [-0.25, -0.2) is 9.59 Å². The van der Waals surface area contributed by atoms with E-state index in [2.05, 4.69) is 81.5 Å². The zero-order valence-electron chi connectivity index (χ0n) is 56.5. The highest BCUT2D eigenvalue weighted by Gasteiger charge is 2.37. The molecule has 0 unspecified atom stereocenters. The Morgan fingerprint density at radius 1 is 0.432 bits per heavy atom. The van der Waals surface area contributed by atoms with E-state index in [1.54, 1.807) is 12.1 Å². The van der Waals surface area contributed by atoms with E-state index in [0.717, 1.165) is 229 Å². The van der Waals surface area contributed by atoms with Gasteiger partial charge in [0, 0.05) is 73.7 Å². The van der Waals surface area contributed by atoms with Crippen molar-refractivity contribution in [2.75, 3.05) is 128 Å². The van der Waals surface area contributed by atoms with Crippen LogP contribution >= 0.6 is 11.6 Å². The number of rotatable bonds is 52. The van der Waals surface area contributed by atoms with Gasteiger partial charge in [0.25, 0.3) is 0 Å². The quantitative estimate of drug-likeness (QED) is 0.0155. The number of carbonyl (C=O) groups excluding carboxylic acids is 2. The molecule has 18 nitrogen and oxygen atoms in total. The van der Waals surface area contributed by atoms with Gasteiger partial charge in [-0.15, -0.1) is 5.11 Å². The topological polar surface area (TPSA) is 182 Å². The molecule has 0 amide bonds. The number of hydrogen-bond acceptors (Lipinski definition) is 18. The first-order valence-electron chi connectivity index (χ1n) is 34.5. The van der Waals surface area contributed by atoms with Crippen molar-refractivity contribution >= 4 is 57.7 Å². The van der Waals surface area contributed by atoms with Crippen LogP contribution in [0.15, 0.2) is 161 Å². The second-order valence-corrected chi connectivity index (χ2v) is 25.0. The minimum absolute atomic E-state index is 0.247. The van der Waals surface area contributed by atoms with Crippen LogP contribution in [0.2, 0.25) is 5.02 Å². The molecule has 2 fully saturated rings. The molecule has 95 heavy (non-hydrogen) atoms. The van der Waals surface area contributed by atoms with Crippen LogP contribution in [0.25, 0.3) is 0 Å².